The third-order valence-electron chi connectivity index (χ3n) is 2.50. The van der Waals surface area contributed by atoms with Crippen molar-refractivity contribution in [1.82, 2.24) is 4.98 Å². The Hall–Kier alpha value is -2.74. The zero-order valence-electron chi connectivity index (χ0n) is 10.2. The summed E-state index contributed by atoms with van der Waals surface area (Å²) in [5, 5.41) is 22.1. The first-order valence-corrected chi connectivity index (χ1v) is 5.86. The first kappa shape index (κ1) is 14.7. The second-order valence-corrected chi connectivity index (χ2v) is 4.31. The van der Waals surface area contributed by atoms with Crippen LogP contribution in [-0.4, -0.2) is 21.0 Å². The van der Waals surface area contributed by atoms with Crippen LogP contribution in [0.25, 0.3) is 0 Å². The Kier molecular flexibility index (Phi) is 3.99. The fourth-order valence-electron chi connectivity index (χ4n) is 1.53. The third-order valence-corrected chi connectivity index (χ3v) is 2.79. The zero-order chi connectivity index (χ0) is 15.6. The van der Waals surface area contributed by atoms with Gasteiger partial charge in [0.25, 0.3) is 5.69 Å². The van der Waals surface area contributed by atoms with Crippen molar-refractivity contribution in [1.29, 1.82) is 0 Å². The van der Waals surface area contributed by atoms with Gasteiger partial charge >= 0.3 is 5.97 Å². The van der Waals surface area contributed by atoms with E-state index in [1.165, 1.54) is 12.1 Å². The van der Waals surface area contributed by atoms with Crippen molar-refractivity contribution < 1.29 is 19.2 Å². The second-order valence-electron chi connectivity index (χ2n) is 3.91. The van der Waals surface area contributed by atoms with Crippen LogP contribution in [0.2, 0.25) is 5.02 Å². The van der Waals surface area contributed by atoms with Gasteiger partial charge in [-0.05, 0) is 18.2 Å². The predicted octanol–water partition coefficient (Wildman–Crippen LogP) is 3.22. The van der Waals surface area contributed by atoms with Gasteiger partial charge in [0, 0.05) is 11.8 Å². The molecule has 1 aromatic heterocycles. The molecule has 2 aromatic rings. The number of carboxylic acids is 1. The highest BCUT2D eigenvalue weighted by Crippen LogP contribution is 2.25. The predicted molar refractivity (Wildman–Crippen MR) is 72.5 cm³/mol. The Morgan fingerprint density at radius 2 is 2.14 bits per heavy atom. The standard InChI is InChI=1S/C12H7ClFN3O4/c13-9-3-6(1-2-10(9)14)16-11-8(12(18)19)4-7(5-15-11)17(20)21/h1-5H,(H,15,16)(H,18,19). The van der Waals surface area contributed by atoms with E-state index in [4.69, 9.17) is 16.7 Å². The number of anilines is 2. The maximum absolute atomic E-state index is 13.0. The number of carbonyl (C=O) groups is 1. The van der Waals surface area contributed by atoms with E-state index in [9.17, 15) is 19.3 Å². The molecular formula is C12H7ClFN3O4. The lowest BCUT2D eigenvalue weighted by molar-refractivity contribution is -0.385. The molecule has 108 valence electrons. The Morgan fingerprint density at radius 3 is 2.71 bits per heavy atom. The maximum Gasteiger partial charge on any atom is 0.339 e. The number of benzene rings is 1. The fraction of sp³-hybridized carbons (Fsp3) is 0. The highest BCUT2D eigenvalue weighted by Gasteiger charge is 2.17. The van der Waals surface area contributed by atoms with Gasteiger partial charge in [0.2, 0.25) is 0 Å². The fourth-order valence-corrected chi connectivity index (χ4v) is 1.71. The van der Waals surface area contributed by atoms with E-state index in [0.29, 0.717) is 5.69 Å². The maximum atomic E-state index is 13.0. The van der Waals surface area contributed by atoms with E-state index in [1.54, 1.807) is 0 Å². The van der Waals surface area contributed by atoms with Crippen LogP contribution < -0.4 is 5.32 Å². The number of hydrogen-bond donors (Lipinski definition) is 2. The number of hydrogen-bond acceptors (Lipinski definition) is 5. The number of halogens is 2. The quantitative estimate of drug-likeness (QED) is 0.663. The Labute approximate surface area is 122 Å². The van der Waals surface area contributed by atoms with Gasteiger partial charge in [-0.1, -0.05) is 11.6 Å². The van der Waals surface area contributed by atoms with Crippen molar-refractivity contribution in [2.75, 3.05) is 5.32 Å². The lowest BCUT2D eigenvalue weighted by Crippen LogP contribution is -2.06. The normalized spacial score (nSPS) is 10.2. The van der Waals surface area contributed by atoms with Gasteiger partial charge in [-0.25, -0.2) is 14.2 Å². The minimum atomic E-state index is -1.39. The molecule has 1 aromatic carbocycles. The third kappa shape index (κ3) is 3.23. The summed E-state index contributed by atoms with van der Waals surface area (Å²) in [7, 11) is 0. The highest BCUT2D eigenvalue weighted by molar-refractivity contribution is 6.31. The SMILES string of the molecule is O=C(O)c1cc([N+](=O)[O-])cnc1Nc1ccc(F)c(Cl)c1. The number of nitro groups is 1. The molecule has 0 unspecified atom stereocenters. The lowest BCUT2D eigenvalue weighted by Gasteiger charge is -2.08. The molecule has 0 spiro atoms. The van der Waals surface area contributed by atoms with Crippen LogP contribution in [0.1, 0.15) is 10.4 Å². The summed E-state index contributed by atoms with van der Waals surface area (Å²) < 4.78 is 13.0. The summed E-state index contributed by atoms with van der Waals surface area (Å²) >= 11 is 5.61. The largest absolute Gasteiger partial charge is 0.478 e. The van der Waals surface area contributed by atoms with Crippen LogP contribution in [0.3, 0.4) is 0 Å². The summed E-state index contributed by atoms with van der Waals surface area (Å²) in [6.45, 7) is 0. The topological polar surface area (TPSA) is 105 Å². The molecule has 2 rings (SSSR count). The van der Waals surface area contributed by atoms with E-state index >= 15 is 0 Å². The van der Waals surface area contributed by atoms with Crippen molar-refractivity contribution in [2.45, 2.75) is 0 Å². The van der Waals surface area contributed by atoms with E-state index in [-0.39, 0.29) is 16.4 Å². The van der Waals surface area contributed by atoms with E-state index in [1.807, 2.05) is 0 Å². The van der Waals surface area contributed by atoms with Gasteiger partial charge < -0.3 is 10.4 Å². The Balaban J connectivity index is 2.41. The first-order valence-electron chi connectivity index (χ1n) is 5.48. The van der Waals surface area contributed by atoms with E-state index < -0.39 is 22.4 Å². The van der Waals surface area contributed by atoms with Crippen LogP contribution in [0.4, 0.5) is 21.6 Å². The summed E-state index contributed by atoms with van der Waals surface area (Å²) in [6, 6.07) is 4.54. The Bertz CT molecular complexity index is 738. The molecular weight excluding hydrogens is 305 g/mol. The number of aromatic carboxylic acids is 1. The highest BCUT2D eigenvalue weighted by atomic mass is 35.5. The molecule has 0 aliphatic rings. The zero-order valence-corrected chi connectivity index (χ0v) is 11.0. The van der Waals surface area contributed by atoms with Gasteiger partial charge in [-0.15, -0.1) is 0 Å². The number of rotatable bonds is 4. The minimum Gasteiger partial charge on any atom is -0.478 e. The van der Waals surface area contributed by atoms with Crippen LogP contribution in [0.5, 0.6) is 0 Å². The van der Waals surface area contributed by atoms with E-state index in [2.05, 4.69) is 10.3 Å². The molecule has 0 amide bonds. The van der Waals surface area contributed by atoms with Crippen LogP contribution in [0, 0.1) is 15.9 Å². The monoisotopic (exact) mass is 311 g/mol. The molecule has 2 N–H and O–H groups in total. The van der Waals surface area contributed by atoms with Crippen LogP contribution in [-0.2, 0) is 0 Å². The first-order chi connectivity index (χ1) is 9.88. The van der Waals surface area contributed by atoms with E-state index in [0.717, 1.165) is 18.3 Å². The van der Waals surface area contributed by atoms with Gasteiger partial charge in [-0.2, -0.15) is 0 Å². The molecule has 9 heteroatoms. The van der Waals surface area contributed by atoms with Gasteiger partial charge in [0.1, 0.15) is 23.4 Å². The minimum absolute atomic E-state index is 0.115. The lowest BCUT2D eigenvalue weighted by atomic mass is 10.2. The molecule has 1 heterocycles. The van der Waals surface area contributed by atoms with Gasteiger partial charge in [0.05, 0.1) is 9.95 Å². The Morgan fingerprint density at radius 1 is 1.43 bits per heavy atom. The summed E-state index contributed by atoms with van der Waals surface area (Å²) in [4.78, 5) is 24.7. The number of nitrogens with one attached hydrogen (secondary N) is 1. The van der Waals surface area contributed by atoms with Crippen molar-refractivity contribution >= 4 is 34.8 Å². The molecule has 0 saturated heterocycles. The van der Waals surface area contributed by atoms with Crippen molar-refractivity contribution in [3.8, 4) is 0 Å². The second kappa shape index (κ2) is 5.71. The molecule has 7 nitrogen and oxygen atoms in total. The van der Waals surface area contributed by atoms with Crippen molar-refractivity contribution in [2.24, 2.45) is 0 Å². The van der Waals surface area contributed by atoms with Crippen LogP contribution in [0.15, 0.2) is 30.5 Å². The number of pyridine rings is 1. The van der Waals surface area contributed by atoms with Gasteiger partial charge in [-0.3, -0.25) is 10.1 Å². The average Bonchev–Trinajstić information content (AvgIpc) is 2.43. The molecule has 0 aliphatic heterocycles. The number of carboxylic acid groups (broad SMARTS) is 1. The summed E-state index contributed by atoms with van der Waals surface area (Å²) in [5.41, 5.74) is -0.537. The molecule has 21 heavy (non-hydrogen) atoms. The molecule has 0 radical (unpaired) electrons. The molecule has 0 fully saturated rings. The average molecular weight is 312 g/mol. The molecule has 0 aliphatic carbocycles. The molecule has 0 atom stereocenters. The summed E-state index contributed by atoms with van der Waals surface area (Å²) in [5.74, 6) is -2.13. The van der Waals surface area contributed by atoms with Crippen molar-refractivity contribution in [3.05, 3.63) is 57.0 Å². The van der Waals surface area contributed by atoms with Gasteiger partial charge in [0.15, 0.2) is 0 Å². The smallest absolute Gasteiger partial charge is 0.339 e. The van der Waals surface area contributed by atoms with Crippen molar-refractivity contribution in [3.63, 3.8) is 0 Å². The molecule has 0 bridgehead atoms. The number of aromatic nitrogens is 1. The molecule has 0 saturated carbocycles. The number of nitrogens with zero attached hydrogens (tertiary/aromatic N) is 2. The summed E-state index contributed by atoms with van der Waals surface area (Å²) in [6.07, 6.45) is 0.917. The van der Waals surface area contributed by atoms with Crippen LogP contribution >= 0.6 is 11.6 Å².